The van der Waals surface area contributed by atoms with E-state index in [1.807, 2.05) is 30.2 Å². The largest absolute Gasteiger partial charge is 0.379 e. The summed E-state index contributed by atoms with van der Waals surface area (Å²) < 4.78 is 11.3. The molecule has 2 saturated heterocycles. The first kappa shape index (κ1) is 17.8. The number of anilines is 2. The van der Waals surface area contributed by atoms with Crippen LogP contribution in [0.25, 0.3) is 22.4 Å². The highest BCUT2D eigenvalue weighted by atomic mass is 16.5. The van der Waals surface area contributed by atoms with Crippen LogP contribution in [0.5, 0.6) is 0 Å². The number of hydrogen-bond acceptors (Lipinski definition) is 7. The van der Waals surface area contributed by atoms with E-state index in [1.165, 1.54) is 0 Å². The maximum atomic E-state index is 13.6. The summed E-state index contributed by atoms with van der Waals surface area (Å²) in [7, 11) is 0. The first-order valence-corrected chi connectivity index (χ1v) is 10.2. The van der Waals surface area contributed by atoms with Gasteiger partial charge in [-0.3, -0.25) is 4.79 Å². The van der Waals surface area contributed by atoms with Gasteiger partial charge in [0, 0.05) is 36.5 Å². The molecule has 1 N–H and O–H groups in total. The molecule has 3 aliphatic heterocycles. The molecule has 6 rings (SSSR count). The Bertz CT molecular complexity index is 1140. The second kappa shape index (κ2) is 6.48. The topological polar surface area (TPSA) is 96.5 Å². The number of rotatable bonds is 2. The zero-order chi connectivity index (χ0) is 20.3. The van der Waals surface area contributed by atoms with Crippen LogP contribution in [-0.2, 0) is 14.3 Å². The third kappa shape index (κ3) is 2.48. The summed E-state index contributed by atoms with van der Waals surface area (Å²) in [4.78, 5) is 34.6. The lowest BCUT2D eigenvalue weighted by atomic mass is 9.92. The van der Waals surface area contributed by atoms with Crippen LogP contribution in [0.15, 0.2) is 30.7 Å². The average molecular weight is 406 g/mol. The molecule has 1 unspecified atom stereocenters. The molecule has 2 atom stereocenters. The van der Waals surface area contributed by atoms with Crippen molar-refractivity contribution in [3.8, 4) is 11.4 Å². The van der Waals surface area contributed by atoms with Crippen LogP contribution in [0.2, 0.25) is 0 Å². The van der Waals surface area contributed by atoms with Crippen molar-refractivity contribution in [1.29, 1.82) is 0 Å². The fourth-order valence-electron chi connectivity index (χ4n) is 4.66. The number of H-pyrrole nitrogens is 1. The molecular formula is C21H22N6O3. The lowest BCUT2D eigenvalue weighted by molar-refractivity contribution is -0.128. The van der Waals surface area contributed by atoms with Gasteiger partial charge < -0.3 is 24.3 Å². The lowest BCUT2D eigenvalue weighted by Gasteiger charge is -2.51. The summed E-state index contributed by atoms with van der Waals surface area (Å²) in [5.74, 6) is 1.39. The number of hydrogen-bond donors (Lipinski definition) is 1. The molecule has 30 heavy (non-hydrogen) atoms. The molecule has 3 aromatic rings. The van der Waals surface area contributed by atoms with Gasteiger partial charge in [-0.05, 0) is 25.5 Å². The minimum Gasteiger partial charge on any atom is -0.379 e. The van der Waals surface area contributed by atoms with Crippen molar-refractivity contribution in [2.24, 2.45) is 0 Å². The SMILES string of the molecule is C[C@@]12COCCN1c1nc(-c3cnc4[nH]ccc4c3)ncc1N(C1CCOC1)C2=O. The van der Waals surface area contributed by atoms with E-state index in [0.29, 0.717) is 38.8 Å². The first-order chi connectivity index (χ1) is 14.6. The Morgan fingerprint density at radius 3 is 3.03 bits per heavy atom. The van der Waals surface area contributed by atoms with Gasteiger partial charge in [0.05, 0.1) is 32.1 Å². The molecule has 6 heterocycles. The van der Waals surface area contributed by atoms with Gasteiger partial charge in [-0.2, -0.15) is 0 Å². The van der Waals surface area contributed by atoms with E-state index in [9.17, 15) is 4.79 Å². The van der Waals surface area contributed by atoms with E-state index in [4.69, 9.17) is 14.5 Å². The Morgan fingerprint density at radius 2 is 2.17 bits per heavy atom. The summed E-state index contributed by atoms with van der Waals surface area (Å²) in [6, 6.07) is 3.99. The number of carbonyl (C=O) groups is 1. The summed E-state index contributed by atoms with van der Waals surface area (Å²) in [6.45, 7) is 4.63. The molecule has 0 bridgehead atoms. The van der Waals surface area contributed by atoms with E-state index in [2.05, 4.69) is 19.9 Å². The van der Waals surface area contributed by atoms with Crippen molar-refractivity contribution in [2.75, 3.05) is 42.8 Å². The monoisotopic (exact) mass is 406 g/mol. The molecular weight excluding hydrogens is 384 g/mol. The maximum absolute atomic E-state index is 13.6. The van der Waals surface area contributed by atoms with E-state index >= 15 is 0 Å². The normalized spacial score (nSPS) is 26.2. The van der Waals surface area contributed by atoms with E-state index in [1.54, 1.807) is 12.4 Å². The van der Waals surface area contributed by atoms with Crippen molar-refractivity contribution < 1.29 is 14.3 Å². The van der Waals surface area contributed by atoms with Gasteiger partial charge in [-0.25, -0.2) is 15.0 Å². The Labute approximate surface area is 173 Å². The quantitative estimate of drug-likeness (QED) is 0.693. The zero-order valence-corrected chi connectivity index (χ0v) is 16.7. The Morgan fingerprint density at radius 1 is 1.23 bits per heavy atom. The highest BCUT2D eigenvalue weighted by Gasteiger charge is 2.52. The number of carbonyl (C=O) groups excluding carboxylic acids is 1. The maximum Gasteiger partial charge on any atom is 0.255 e. The third-order valence-corrected chi connectivity index (χ3v) is 6.31. The molecule has 0 saturated carbocycles. The summed E-state index contributed by atoms with van der Waals surface area (Å²) in [5, 5.41) is 1.00. The molecule has 0 aliphatic carbocycles. The van der Waals surface area contributed by atoms with Crippen LogP contribution >= 0.6 is 0 Å². The van der Waals surface area contributed by atoms with Crippen molar-refractivity contribution in [3.05, 3.63) is 30.7 Å². The number of fused-ring (bicyclic) bond motifs is 4. The number of aromatic nitrogens is 4. The summed E-state index contributed by atoms with van der Waals surface area (Å²) in [6.07, 6.45) is 6.21. The molecule has 9 nitrogen and oxygen atoms in total. The van der Waals surface area contributed by atoms with Gasteiger partial charge in [0.25, 0.3) is 5.91 Å². The smallest absolute Gasteiger partial charge is 0.255 e. The van der Waals surface area contributed by atoms with Gasteiger partial charge in [-0.15, -0.1) is 0 Å². The molecule has 3 aliphatic rings. The predicted molar refractivity (Wildman–Crippen MR) is 110 cm³/mol. The van der Waals surface area contributed by atoms with Gasteiger partial charge >= 0.3 is 0 Å². The minimum atomic E-state index is -0.789. The molecule has 2 fully saturated rings. The number of nitrogens with one attached hydrogen (secondary N) is 1. The summed E-state index contributed by atoms with van der Waals surface area (Å²) in [5.41, 5.74) is 1.62. The lowest BCUT2D eigenvalue weighted by Crippen LogP contribution is -2.68. The standard InChI is InChI=1S/C21H22N6O3/c1-21-12-30-7-5-26(21)19-16(27(20(21)28)15-3-6-29-11-15)10-24-18(25-19)14-8-13-2-4-22-17(13)23-9-14/h2,4,8-10,15H,3,5-7,11-12H2,1H3,(H,22,23)/t15?,21-/m0/s1. The van der Waals surface area contributed by atoms with E-state index < -0.39 is 5.54 Å². The van der Waals surface area contributed by atoms with Crippen LogP contribution in [0.3, 0.4) is 0 Å². The number of ether oxygens (including phenoxy) is 2. The van der Waals surface area contributed by atoms with Crippen LogP contribution < -0.4 is 9.80 Å². The second-order valence-corrected chi connectivity index (χ2v) is 8.21. The number of morpholine rings is 1. The zero-order valence-electron chi connectivity index (χ0n) is 16.7. The molecule has 0 aromatic carbocycles. The van der Waals surface area contributed by atoms with E-state index in [0.717, 1.165) is 34.5 Å². The molecule has 0 radical (unpaired) electrons. The Kier molecular flexibility index (Phi) is 3.84. The average Bonchev–Trinajstić information content (AvgIpc) is 3.46. The van der Waals surface area contributed by atoms with Crippen molar-refractivity contribution in [2.45, 2.75) is 24.9 Å². The van der Waals surface area contributed by atoms with Crippen LogP contribution in [0.4, 0.5) is 11.5 Å². The third-order valence-electron chi connectivity index (χ3n) is 6.31. The highest BCUT2D eigenvalue weighted by Crippen LogP contribution is 2.43. The van der Waals surface area contributed by atoms with Crippen LogP contribution in [0.1, 0.15) is 13.3 Å². The van der Waals surface area contributed by atoms with Gasteiger partial charge in [0.2, 0.25) is 0 Å². The Hall–Kier alpha value is -3.04. The molecule has 3 aromatic heterocycles. The number of aromatic amines is 1. The molecule has 154 valence electrons. The summed E-state index contributed by atoms with van der Waals surface area (Å²) >= 11 is 0. The second-order valence-electron chi connectivity index (χ2n) is 8.21. The van der Waals surface area contributed by atoms with Crippen molar-refractivity contribution in [3.63, 3.8) is 0 Å². The highest BCUT2D eigenvalue weighted by molar-refractivity contribution is 6.08. The minimum absolute atomic E-state index is 0.00975. The van der Waals surface area contributed by atoms with Crippen molar-refractivity contribution in [1.82, 2.24) is 19.9 Å². The molecule has 9 heteroatoms. The number of amides is 1. The fraction of sp³-hybridized carbons (Fsp3) is 0.429. The molecule has 0 spiro atoms. The van der Waals surface area contributed by atoms with E-state index in [-0.39, 0.29) is 11.9 Å². The van der Waals surface area contributed by atoms with Gasteiger partial charge in [0.15, 0.2) is 11.6 Å². The Balaban J connectivity index is 1.50. The van der Waals surface area contributed by atoms with Crippen LogP contribution in [0, 0.1) is 0 Å². The van der Waals surface area contributed by atoms with Gasteiger partial charge in [0.1, 0.15) is 16.9 Å². The van der Waals surface area contributed by atoms with Crippen LogP contribution in [-0.4, -0.2) is 70.4 Å². The fourth-order valence-corrected chi connectivity index (χ4v) is 4.66. The van der Waals surface area contributed by atoms with Gasteiger partial charge in [-0.1, -0.05) is 0 Å². The van der Waals surface area contributed by atoms with Crippen molar-refractivity contribution >= 4 is 28.4 Å². The molecule has 1 amide bonds. The number of nitrogens with zero attached hydrogens (tertiary/aromatic N) is 5. The number of pyridine rings is 1. The first-order valence-electron chi connectivity index (χ1n) is 10.2. The predicted octanol–water partition coefficient (Wildman–Crippen LogP) is 1.75.